The molecule has 0 aliphatic heterocycles. The van der Waals surface area contributed by atoms with Gasteiger partial charge < -0.3 is 19.8 Å². The number of furan rings is 1. The Balaban J connectivity index is 2.07. The normalized spacial score (nSPS) is 11.8. The highest BCUT2D eigenvalue weighted by Crippen LogP contribution is 2.16. The number of aryl methyl sites for hydroxylation is 1. The van der Waals surface area contributed by atoms with Crippen molar-refractivity contribution in [2.75, 3.05) is 6.61 Å². The van der Waals surface area contributed by atoms with Crippen LogP contribution in [-0.2, 0) is 11.2 Å². The summed E-state index contributed by atoms with van der Waals surface area (Å²) < 4.78 is 5.18. The van der Waals surface area contributed by atoms with Gasteiger partial charge in [-0.25, -0.2) is 0 Å². The summed E-state index contributed by atoms with van der Waals surface area (Å²) in [6.07, 6.45) is 2.02. The van der Waals surface area contributed by atoms with Gasteiger partial charge >= 0.3 is 0 Å². The molecule has 0 spiro atoms. The van der Waals surface area contributed by atoms with Gasteiger partial charge in [0.05, 0.1) is 12.9 Å². The predicted molar refractivity (Wildman–Crippen MR) is 86.3 cm³/mol. The average Bonchev–Trinajstić information content (AvgIpc) is 3.06. The Kier molecular flexibility index (Phi) is 5.55. The van der Waals surface area contributed by atoms with E-state index in [1.807, 2.05) is 6.07 Å². The number of hydrogen-bond donors (Lipinski definition) is 3. The van der Waals surface area contributed by atoms with Gasteiger partial charge in [0.15, 0.2) is 0 Å². The summed E-state index contributed by atoms with van der Waals surface area (Å²) in [6, 6.07) is 4.65. The number of aliphatic hydroxyl groups excluding tert-OH is 1. The average molecular weight is 329 g/mol. The Labute approximate surface area is 138 Å². The molecule has 0 aromatic carbocycles. The first-order valence-corrected chi connectivity index (χ1v) is 7.54. The molecule has 0 aliphatic carbocycles. The van der Waals surface area contributed by atoms with Crippen molar-refractivity contribution in [1.82, 2.24) is 10.3 Å². The lowest BCUT2D eigenvalue weighted by atomic mass is 9.99. The minimum absolute atomic E-state index is 0.0693. The van der Waals surface area contributed by atoms with Crippen LogP contribution < -0.4 is 10.9 Å². The van der Waals surface area contributed by atoms with Crippen molar-refractivity contribution in [3.63, 3.8) is 0 Å². The summed E-state index contributed by atoms with van der Waals surface area (Å²) in [6.45, 7) is 3.17. The Bertz CT molecular complexity index is 816. The summed E-state index contributed by atoms with van der Waals surface area (Å²) >= 11 is 0. The molecule has 2 aromatic heterocycles. The van der Waals surface area contributed by atoms with Crippen molar-refractivity contribution in [3.8, 4) is 6.07 Å². The van der Waals surface area contributed by atoms with Crippen molar-refractivity contribution < 1.29 is 14.3 Å². The number of H-pyrrole nitrogens is 1. The highest BCUT2D eigenvalue weighted by molar-refractivity contribution is 5.76. The lowest BCUT2D eigenvalue weighted by Gasteiger charge is -2.15. The summed E-state index contributed by atoms with van der Waals surface area (Å²) in [5, 5.41) is 21.1. The molecular formula is C17H19N3O4. The highest BCUT2D eigenvalue weighted by Gasteiger charge is 2.17. The van der Waals surface area contributed by atoms with E-state index in [2.05, 4.69) is 10.3 Å². The SMILES string of the molecule is Cc1[nH]c(=O)c(C#N)c(C)c1CCC(=O)NC(CO)c1ccco1. The van der Waals surface area contributed by atoms with Crippen LogP contribution in [0.5, 0.6) is 0 Å². The van der Waals surface area contributed by atoms with Gasteiger partial charge in [0.1, 0.15) is 23.4 Å². The smallest absolute Gasteiger partial charge is 0.266 e. The molecule has 0 bridgehead atoms. The van der Waals surface area contributed by atoms with E-state index in [4.69, 9.17) is 9.68 Å². The van der Waals surface area contributed by atoms with Crippen molar-refractivity contribution in [1.29, 1.82) is 5.26 Å². The van der Waals surface area contributed by atoms with Gasteiger partial charge in [-0.2, -0.15) is 5.26 Å². The number of aromatic amines is 1. The number of aromatic nitrogens is 1. The standard InChI is InChI=1S/C17H19N3O4/c1-10-12(11(2)19-17(23)13(10)8-18)5-6-16(22)20-14(9-21)15-4-3-7-24-15/h3-4,7,14,21H,5-6,9H2,1-2H3,(H,19,23)(H,20,22). The molecule has 0 fully saturated rings. The van der Waals surface area contributed by atoms with Crippen molar-refractivity contribution in [2.24, 2.45) is 0 Å². The van der Waals surface area contributed by atoms with Crippen LogP contribution in [0.3, 0.4) is 0 Å². The number of nitriles is 1. The van der Waals surface area contributed by atoms with Gasteiger partial charge in [0.2, 0.25) is 5.91 Å². The second-order valence-corrected chi connectivity index (χ2v) is 5.49. The molecule has 0 saturated heterocycles. The van der Waals surface area contributed by atoms with Crippen LogP contribution >= 0.6 is 0 Å². The lowest BCUT2D eigenvalue weighted by Crippen LogP contribution is -2.30. The summed E-state index contributed by atoms with van der Waals surface area (Å²) in [5.74, 6) is 0.225. The van der Waals surface area contributed by atoms with Crippen LogP contribution in [0.2, 0.25) is 0 Å². The molecular weight excluding hydrogens is 310 g/mol. The molecule has 2 rings (SSSR count). The van der Waals surface area contributed by atoms with Gasteiger partial charge in [-0.05, 0) is 43.5 Å². The van der Waals surface area contributed by atoms with Gasteiger partial charge in [0.25, 0.3) is 5.56 Å². The number of pyridine rings is 1. The van der Waals surface area contributed by atoms with Gasteiger partial charge in [0, 0.05) is 12.1 Å². The van der Waals surface area contributed by atoms with E-state index in [0.29, 0.717) is 23.4 Å². The van der Waals surface area contributed by atoms with E-state index in [9.17, 15) is 14.7 Å². The summed E-state index contributed by atoms with van der Waals surface area (Å²) in [5.41, 5.74) is 1.67. The van der Waals surface area contributed by atoms with Crippen molar-refractivity contribution >= 4 is 5.91 Å². The number of carbonyl (C=O) groups is 1. The molecule has 2 aromatic rings. The van der Waals surface area contributed by atoms with Gasteiger partial charge in [-0.1, -0.05) is 0 Å². The maximum absolute atomic E-state index is 12.1. The Hall–Kier alpha value is -2.85. The van der Waals surface area contributed by atoms with Crippen LogP contribution in [0, 0.1) is 25.2 Å². The zero-order valence-corrected chi connectivity index (χ0v) is 13.5. The van der Waals surface area contributed by atoms with Crippen LogP contribution in [0.1, 0.15) is 40.6 Å². The van der Waals surface area contributed by atoms with Crippen LogP contribution in [-0.4, -0.2) is 22.6 Å². The molecule has 0 saturated carbocycles. The number of nitrogens with one attached hydrogen (secondary N) is 2. The fourth-order valence-corrected chi connectivity index (χ4v) is 2.62. The minimum Gasteiger partial charge on any atom is -0.467 e. The second-order valence-electron chi connectivity index (χ2n) is 5.49. The molecule has 3 N–H and O–H groups in total. The van der Waals surface area contributed by atoms with Crippen molar-refractivity contribution in [2.45, 2.75) is 32.7 Å². The van der Waals surface area contributed by atoms with Crippen LogP contribution in [0.4, 0.5) is 0 Å². The quantitative estimate of drug-likeness (QED) is 0.736. The van der Waals surface area contributed by atoms with Crippen molar-refractivity contribution in [3.05, 3.63) is 56.9 Å². The summed E-state index contributed by atoms with van der Waals surface area (Å²) in [4.78, 5) is 26.5. The molecule has 2 heterocycles. The van der Waals surface area contributed by atoms with Gasteiger partial charge in [-0.15, -0.1) is 0 Å². The predicted octanol–water partition coefficient (Wildman–Crippen LogP) is 1.24. The Morgan fingerprint density at radius 2 is 2.25 bits per heavy atom. The number of rotatable bonds is 6. The fourth-order valence-electron chi connectivity index (χ4n) is 2.62. The third kappa shape index (κ3) is 3.73. The molecule has 126 valence electrons. The third-order valence-electron chi connectivity index (χ3n) is 3.93. The molecule has 7 nitrogen and oxygen atoms in total. The lowest BCUT2D eigenvalue weighted by molar-refractivity contribution is -0.122. The van der Waals surface area contributed by atoms with Gasteiger partial charge in [-0.3, -0.25) is 9.59 Å². The van der Waals surface area contributed by atoms with Crippen LogP contribution in [0.15, 0.2) is 27.6 Å². The third-order valence-corrected chi connectivity index (χ3v) is 3.93. The monoisotopic (exact) mass is 329 g/mol. The summed E-state index contributed by atoms with van der Waals surface area (Å²) in [7, 11) is 0. The fraction of sp³-hybridized carbons (Fsp3) is 0.353. The zero-order chi connectivity index (χ0) is 17.7. The maximum Gasteiger partial charge on any atom is 0.266 e. The Morgan fingerprint density at radius 1 is 1.50 bits per heavy atom. The van der Waals surface area contributed by atoms with E-state index in [0.717, 1.165) is 5.56 Å². The minimum atomic E-state index is -0.597. The number of aliphatic hydroxyl groups is 1. The Morgan fingerprint density at radius 3 is 2.83 bits per heavy atom. The molecule has 0 radical (unpaired) electrons. The molecule has 24 heavy (non-hydrogen) atoms. The number of hydrogen-bond acceptors (Lipinski definition) is 5. The number of carbonyl (C=O) groups excluding carboxylic acids is 1. The topological polar surface area (TPSA) is 119 Å². The second kappa shape index (κ2) is 7.62. The van der Waals surface area contributed by atoms with Crippen LogP contribution in [0.25, 0.3) is 0 Å². The van der Waals surface area contributed by atoms with E-state index in [1.54, 1.807) is 26.0 Å². The molecule has 1 amide bonds. The first kappa shape index (κ1) is 17.5. The number of nitrogens with zero attached hydrogens (tertiary/aromatic N) is 1. The molecule has 1 unspecified atom stereocenters. The number of amides is 1. The first-order chi connectivity index (χ1) is 11.5. The van der Waals surface area contributed by atoms with E-state index in [1.165, 1.54) is 6.26 Å². The maximum atomic E-state index is 12.1. The van der Waals surface area contributed by atoms with E-state index >= 15 is 0 Å². The largest absolute Gasteiger partial charge is 0.467 e. The molecule has 0 aliphatic rings. The van der Waals surface area contributed by atoms with E-state index in [-0.39, 0.29) is 24.5 Å². The first-order valence-electron chi connectivity index (χ1n) is 7.54. The zero-order valence-electron chi connectivity index (χ0n) is 13.5. The van der Waals surface area contributed by atoms with E-state index < -0.39 is 11.6 Å². The molecule has 7 heteroatoms. The molecule has 1 atom stereocenters. The highest BCUT2D eigenvalue weighted by atomic mass is 16.3.